The molecule has 0 radical (unpaired) electrons. The lowest BCUT2D eigenvalue weighted by Gasteiger charge is -2.33. The van der Waals surface area contributed by atoms with Crippen molar-refractivity contribution in [3.63, 3.8) is 0 Å². The van der Waals surface area contributed by atoms with Gasteiger partial charge in [0.1, 0.15) is 5.75 Å². The second-order valence-electron chi connectivity index (χ2n) is 5.55. The Morgan fingerprint density at radius 1 is 1.16 bits per heavy atom. The summed E-state index contributed by atoms with van der Waals surface area (Å²) in [5, 5.41) is 3.49. The minimum absolute atomic E-state index is 0.200. The molecule has 0 bridgehead atoms. The SMILES string of the molecule is CC1CCC(Nc2ccc(OC(F)F)cc2)C(C)C1. The summed E-state index contributed by atoms with van der Waals surface area (Å²) < 4.78 is 28.4. The molecule has 2 rings (SSSR count). The van der Waals surface area contributed by atoms with Crippen molar-refractivity contribution in [1.82, 2.24) is 0 Å². The van der Waals surface area contributed by atoms with Crippen molar-refractivity contribution < 1.29 is 13.5 Å². The average molecular weight is 269 g/mol. The Labute approximate surface area is 113 Å². The molecular weight excluding hydrogens is 248 g/mol. The van der Waals surface area contributed by atoms with Crippen molar-refractivity contribution in [2.45, 2.75) is 45.8 Å². The quantitative estimate of drug-likeness (QED) is 0.867. The van der Waals surface area contributed by atoms with E-state index < -0.39 is 6.61 Å². The predicted octanol–water partition coefficient (Wildman–Crippen LogP) is 4.52. The average Bonchev–Trinajstić information content (AvgIpc) is 2.34. The van der Waals surface area contributed by atoms with Gasteiger partial charge in [0.25, 0.3) is 0 Å². The Bertz CT molecular complexity index is 394. The van der Waals surface area contributed by atoms with Crippen LogP contribution in [0.25, 0.3) is 0 Å². The first-order valence-corrected chi connectivity index (χ1v) is 6.86. The predicted molar refractivity (Wildman–Crippen MR) is 72.7 cm³/mol. The molecule has 0 aromatic heterocycles. The molecule has 106 valence electrons. The Balaban J connectivity index is 1.92. The molecular formula is C15H21F2NO. The first-order valence-electron chi connectivity index (χ1n) is 6.86. The zero-order chi connectivity index (χ0) is 13.8. The molecule has 0 spiro atoms. The summed E-state index contributed by atoms with van der Waals surface area (Å²) in [7, 11) is 0. The standard InChI is InChI=1S/C15H21F2NO/c1-10-3-8-14(11(2)9-10)18-12-4-6-13(7-5-12)19-15(16)17/h4-7,10-11,14-15,18H,3,8-9H2,1-2H3. The number of hydrogen-bond donors (Lipinski definition) is 1. The maximum atomic E-state index is 12.0. The number of rotatable bonds is 4. The number of alkyl halides is 2. The third-order valence-electron chi connectivity index (χ3n) is 3.86. The van der Waals surface area contributed by atoms with Gasteiger partial charge < -0.3 is 10.1 Å². The molecule has 19 heavy (non-hydrogen) atoms. The molecule has 0 heterocycles. The van der Waals surface area contributed by atoms with Crippen LogP contribution in [-0.2, 0) is 0 Å². The van der Waals surface area contributed by atoms with E-state index in [1.807, 2.05) is 0 Å². The number of halogens is 2. The molecule has 3 unspecified atom stereocenters. The molecule has 1 aliphatic rings. The third-order valence-corrected chi connectivity index (χ3v) is 3.86. The van der Waals surface area contributed by atoms with Gasteiger partial charge >= 0.3 is 6.61 Å². The van der Waals surface area contributed by atoms with E-state index in [1.54, 1.807) is 24.3 Å². The van der Waals surface area contributed by atoms with Crippen LogP contribution < -0.4 is 10.1 Å². The van der Waals surface area contributed by atoms with Crippen LogP contribution in [0.15, 0.2) is 24.3 Å². The summed E-state index contributed by atoms with van der Waals surface area (Å²) in [4.78, 5) is 0. The van der Waals surface area contributed by atoms with Gasteiger partial charge in [-0.3, -0.25) is 0 Å². The van der Waals surface area contributed by atoms with E-state index in [-0.39, 0.29) is 5.75 Å². The largest absolute Gasteiger partial charge is 0.435 e. The lowest BCUT2D eigenvalue weighted by Crippen LogP contribution is -2.32. The number of benzene rings is 1. The molecule has 0 aliphatic heterocycles. The van der Waals surface area contributed by atoms with Gasteiger partial charge in [0.05, 0.1) is 0 Å². The Hall–Kier alpha value is -1.32. The van der Waals surface area contributed by atoms with Gasteiger partial charge in [-0.15, -0.1) is 0 Å². The molecule has 4 heteroatoms. The fourth-order valence-electron chi connectivity index (χ4n) is 2.83. The van der Waals surface area contributed by atoms with Crippen LogP contribution in [0.5, 0.6) is 5.75 Å². The van der Waals surface area contributed by atoms with Crippen LogP contribution in [0.4, 0.5) is 14.5 Å². The molecule has 1 aromatic carbocycles. The monoisotopic (exact) mass is 269 g/mol. The van der Waals surface area contributed by atoms with E-state index in [0.29, 0.717) is 12.0 Å². The molecule has 1 aliphatic carbocycles. The summed E-state index contributed by atoms with van der Waals surface area (Å²) in [5.41, 5.74) is 0.966. The smallest absolute Gasteiger partial charge is 0.387 e. The minimum Gasteiger partial charge on any atom is -0.435 e. The second kappa shape index (κ2) is 6.22. The van der Waals surface area contributed by atoms with Crippen molar-refractivity contribution in [3.05, 3.63) is 24.3 Å². The molecule has 2 nitrogen and oxygen atoms in total. The lowest BCUT2D eigenvalue weighted by atomic mass is 9.80. The van der Waals surface area contributed by atoms with Gasteiger partial charge in [-0.1, -0.05) is 13.8 Å². The maximum absolute atomic E-state index is 12.0. The van der Waals surface area contributed by atoms with Crippen molar-refractivity contribution in [2.75, 3.05) is 5.32 Å². The molecule has 1 aromatic rings. The van der Waals surface area contributed by atoms with Crippen LogP contribution in [0.3, 0.4) is 0 Å². The van der Waals surface area contributed by atoms with Crippen LogP contribution in [0.2, 0.25) is 0 Å². The minimum atomic E-state index is -2.77. The van der Waals surface area contributed by atoms with E-state index in [9.17, 15) is 8.78 Å². The highest BCUT2D eigenvalue weighted by molar-refractivity contribution is 5.47. The van der Waals surface area contributed by atoms with Crippen molar-refractivity contribution in [3.8, 4) is 5.75 Å². The maximum Gasteiger partial charge on any atom is 0.387 e. The normalized spacial score (nSPS) is 27.3. The highest BCUT2D eigenvalue weighted by atomic mass is 19.3. The summed E-state index contributed by atoms with van der Waals surface area (Å²) in [6.07, 6.45) is 3.65. The van der Waals surface area contributed by atoms with Crippen LogP contribution >= 0.6 is 0 Å². The fourth-order valence-corrected chi connectivity index (χ4v) is 2.83. The Morgan fingerprint density at radius 3 is 2.42 bits per heavy atom. The van der Waals surface area contributed by atoms with Gasteiger partial charge in [0.2, 0.25) is 0 Å². The van der Waals surface area contributed by atoms with Gasteiger partial charge in [-0.25, -0.2) is 0 Å². The van der Waals surface area contributed by atoms with E-state index >= 15 is 0 Å². The number of ether oxygens (including phenoxy) is 1. The van der Waals surface area contributed by atoms with Crippen molar-refractivity contribution in [2.24, 2.45) is 11.8 Å². The van der Waals surface area contributed by atoms with Crippen LogP contribution in [0.1, 0.15) is 33.1 Å². The summed E-state index contributed by atoms with van der Waals surface area (Å²) in [5.74, 6) is 1.64. The van der Waals surface area contributed by atoms with Gasteiger partial charge in [-0.05, 0) is 55.4 Å². The van der Waals surface area contributed by atoms with Gasteiger partial charge in [-0.2, -0.15) is 8.78 Å². The Kier molecular flexibility index (Phi) is 4.61. The molecule has 0 amide bonds. The lowest BCUT2D eigenvalue weighted by molar-refractivity contribution is -0.0498. The zero-order valence-corrected chi connectivity index (χ0v) is 11.4. The topological polar surface area (TPSA) is 21.3 Å². The van der Waals surface area contributed by atoms with E-state index in [1.165, 1.54) is 12.8 Å². The Morgan fingerprint density at radius 2 is 1.84 bits per heavy atom. The molecule has 1 N–H and O–H groups in total. The number of anilines is 1. The summed E-state index contributed by atoms with van der Waals surface area (Å²) >= 11 is 0. The van der Waals surface area contributed by atoms with Crippen molar-refractivity contribution >= 4 is 5.69 Å². The highest BCUT2D eigenvalue weighted by Gasteiger charge is 2.24. The van der Waals surface area contributed by atoms with Crippen LogP contribution in [-0.4, -0.2) is 12.7 Å². The van der Waals surface area contributed by atoms with Crippen molar-refractivity contribution in [1.29, 1.82) is 0 Å². The first kappa shape index (κ1) is 14.1. The first-order chi connectivity index (χ1) is 9.04. The van der Waals surface area contributed by atoms with E-state index in [0.717, 1.165) is 18.0 Å². The number of hydrogen-bond acceptors (Lipinski definition) is 2. The molecule has 1 fully saturated rings. The summed E-state index contributed by atoms with van der Waals surface area (Å²) in [6.45, 7) is 1.80. The van der Waals surface area contributed by atoms with E-state index in [4.69, 9.17) is 0 Å². The molecule has 1 saturated carbocycles. The summed E-state index contributed by atoms with van der Waals surface area (Å²) in [6, 6.07) is 7.21. The van der Waals surface area contributed by atoms with Gasteiger partial charge in [0.15, 0.2) is 0 Å². The third kappa shape index (κ3) is 4.08. The fraction of sp³-hybridized carbons (Fsp3) is 0.600. The van der Waals surface area contributed by atoms with Crippen LogP contribution in [0, 0.1) is 11.8 Å². The molecule has 0 saturated heterocycles. The number of nitrogens with one attached hydrogen (secondary N) is 1. The second-order valence-corrected chi connectivity index (χ2v) is 5.55. The zero-order valence-electron chi connectivity index (χ0n) is 11.4. The highest BCUT2D eigenvalue weighted by Crippen LogP contribution is 2.31. The molecule has 3 atom stereocenters. The van der Waals surface area contributed by atoms with Gasteiger partial charge in [0, 0.05) is 11.7 Å². The van der Waals surface area contributed by atoms with E-state index in [2.05, 4.69) is 23.9 Å².